The van der Waals surface area contributed by atoms with Crippen LogP contribution in [0, 0.1) is 11.7 Å². The maximum absolute atomic E-state index is 13.2. The van der Waals surface area contributed by atoms with Gasteiger partial charge in [-0.05, 0) is 44.0 Å². The number of aromatic nitrogens is 1. The van der Waals surface area contributed by atoms with Crippen molar-refractivity contribution in [3.8, 4) is 0 Å². The second kappa shape index (κ2) is 5.44. The predicted octanol–water partition coefficient (Wildman–Crippen LogP) is 2.63. The molecule has 2 heterocycles. The lowest BCUT2D eigenvalue weighted by molar-refractivity contribution is -0.143. The standard InChI is InChI=1S/C16H17FN2O3/c1-9-2-3-10(16(21)22)8-19(9)15(20)14-7-11-6-12(17)4-5-13(11)18-14/h4-7,9-10,18H,2-3,8H2,1H3,(H,21,22)/t9-,10-/m0/s1. The molecule has 1 saturated heterocycles. The first-order valence-corrected chi connectivity index (χ1v) is 7.28. The molecule has 2 aromatic rings. The van der Waals surface area contributed by atoms with E-state index < -0.39 is 11.9 Å². The molecule has 1 fully saturated rings. The molecule has 1 aliphatic rings. The number of rotatable bonds is 2. The number of hydrogen-bond acceptors (Lipinski definition) is 2. The van der Waals surface area contributed by atoms with Crippen LogP contribution in [0.3, 0.4) is 0 Å². The first-order chi connectivity index (χ1) is 10.5. The third-order valence-corrected chi connectivity index (χ3v) is 4.31. The van der Waals surface area contributed by atoms with Gasteiger partial charge in [0, 0.05) is 23.5 Å². The summed E-state index contributed by atoms with van der Waals surface area (Å²) in [6.07, 6.45) is 1.25. The van der Waals surface area contributed by atoms with Gasteiger partial charge >= 0.3 is 5.97 Å². The summed E-state index contributed by atoms with van der Waals surface area (Å²) in [6.45, 7) is 2.12. The number of nitrogens with zero attached hydrogens (tertiary/aromatic N) is 1. The van der Waals surface area contributed by atoms with Gasteiger partial charge in [0.2, 0.25) is 0 Å². The third-order valence-electron chi connectivity index (χ3n) is 4.31. The van der Waals surface area contributed by atoms with Crippen LogP contribution in [0.5, 0.6) is 0 Å². The molecule has 1 aromatic heterocycles. The van der Waals surface area contributed by atoms with Crippen LogP contribution in [0.2, 0.25) is 0 Å². The molecule has 5 nitrogen and oxygen atoms in total. The Morgan fingerprint density at radius 1 is 1.32 bits per heavy atom. The molecule has 1 aromatic carbocycles. The Morgan fingerprint density at radius 2 is 2.09 bits per heavy atom. The fourth-order valence-corrected chi connectivity index (χ4v) is 2.96. The van der Waals surface area contributed by atoms with Crippen molar-refractivity contribution < 1.29 is 19.1 Å². The Morgan fingerprint density at radius 3 is 2.82 bits per heavy atom. The van der Waals surface area contributed by atoms with Gasteiger partial charge in [-0.1, -0.05) is 0 Å². The summed E-state index contributed by atoms with van der Waals surface area (Å²) >= 11 is 0. The minimum atomic E-state index is -0.872. The van der Waals surface area contributed by atoms with E-state index in [0.717, 1.165) is 0 Å². The van der Waals surface area contributed by atoms with E-state index in [1.807, 2.05) is 6.92 Å². The van der Waals surface area contributed by atoms with Gasteiger partial charge in [-0.3, -0.25) is 9.59 Å². The van der Waals surface area contributed by atoms with Gasteiger partial charge in [0.25, 0.3) is 5.91 Å². The van der Waals surface area contributed by atoms with Crippen LogP contribution in [0.15, 0.2) is 24.3 Å². The number of halogens is 1. The summed E-state index contributed by atoms with van der Waals surface area (Å²) in [4.78, 5) is 28.4. The molecule has 0 spiro atoms. The number of likely N-dealkylation sites (tertiary alicyclic amines) is 1. The second-order valence-electron chi connectivity index (χ2n) is 5.83. The Balaban J connectivity index is 1.88. The topological polar surface area (TPSA) is 73.4 Å². The molecule has 22 heavy (non-hydrogen) atoms. The minimum absolute atomic E-state index is 0.00810. The molecule has 116 valence electrons. The SMILES string of the molecule is C[C@H]1CC[C@H](C(=O)O)CN1C(=O)c1cc2cc(F)ccc2[nH]1. The molecule has 2 atom stereocenters. The summed E-state index contributed by atoms with van der Waals surface area (Å²) in [6, 6.07) is 5.88. The number of H-pyrrole nitrogens is 1. The number of carbonyl (C=O) groups excluding carboxylic acids is 1. The molecule has 0 saturated carbocycles. The van der Waals surface area contributed by atoms with Crippen molar-refractivity contribution in [3.05, 3.63) is 35.8 Å². The summed E-state index contributed by atoms with van der Waals surface area (Å²) in [7, 11) is 0. The summed E-state index contributed by atoms with van der Waals surface area (Å²) in [5, 5.41) is 9.78. The molecule has 6 heteroatoms. The molecule has 2 N–H and O–H groups in total. The van der Waals surface area contributed by atoms with Gasteiger partial charge in [0.15, 0.2) is 0 Å². The average Bonchev–Trinajstić information content (AvgIpc) is 2.89. The Bertz CT molecular complexity index is 740. The number of nitrogens with one attached hydrogen (secondary N) is 1. The van der Waals surface area contributed by atoms with Gasteiger partial charge in [0.1, 0.15) is 11.5 Å². The highest BCUT2D eigenvalue weighted by molar-refractivity contribution is 5.98. The van der Waals surface area contributed by atoms with Crippen molar-refractivity contribution >= 4 is 22.8 Å². The molecular formula is C16H17FN2O3. The van der Waals surface area contributed by atoms with Gasteiger partial charge in [-0.25, -0.2) is 4.39 Å². The third kappa shape index (κ3) is 2.56. The van der Waals surface area contributed by atoms with Crippen LogP contribution < -0.4 is 0 Å². The smallest absolute Gasteiger partial charge is 0.308 e. The van der Waals surface area contributed by atoms with Crippen LogP contribution in [0.1, 0.15) is 30.3 Å². The lowest BCUT2D eigenvalue weighted by atomic mass is 9.93. The maximum Gasteiger partial charge on any atom is 0.308 e. The molecule has 0 bridgehead atoms. The van der Waals surface area contributed by atoms with Crippen LogP contribution >= 0.6 is 0 Å². The Labute approximate surface area is 126 Å². The van der Waals surface area contributed by atoms with Crippen molar-refractivity contribution in [2.45, 2.75) is 25.8 Å². The van der Waals surface area contributed by atoms with Gasteiger partial charge in [0.05, 0.1) is 5.92 Å². The number of carbonyl (C=O) groups is 2. The first-order valence-electron chi connectivity index (χ1n) is 7.28. The van der Waals surface area contributed by atoms with E-state index in [-0.39, 0.29) is 24.3 Å². The molecule has 1 amide bonds. The first kappa shape index (κ1) is 14.6. The lowest BCUT2D eigenvalue weighted by Crippen LogP contribution is -2.47. The van der Waals surface area contributed by atoms with E-state index in [1.54, 1.807) is 17.0 Å². The summed E-state index contributed by atoms with van der Waals surface area (Å²) in [5.74, 6) is -2.00. The summed E-state index contributed by atoms with van der Waals surface area (Å²) < 4.78 is 13.2. The maximum atomic E-state index is 13.2. The quantitative estimate of drug-likeness (QED) is 0.895. The number of benzene rings is 1. The van der Waals surface area contributed by atoms with Crippen LogP contribution in [-0.4, -0.2) is 39.5 Å². The highest BCUT2D eigenvalue weighted by Crippen LogP contribution is 2.25. The number of amides is 1. The van der Waals surface area contributed by atoms with E-state index in [9.17, 15) is 14.0 Å². The summed E-state index contributed by atoms with van der Waals surface area (Å²) in [5.41, 5.74) is 1.04. The molecule has 3 rings (SSSR count). The highest BCUT2D eigenvalue weighted by atomic mass is 19.1. The van der Waals surface area contributed by atoms with Crippen LogP contribution in [-0.2, 0) is 4.79 Å². The van der Waals surface area contributed by atoms with Crippen molar-refractivity contribution in [2.75, 3.05) is 6.54 Å². The predicted molar refractivity (Wildman–Crippen MR) is 79.1 cm³/mol. The lowest BCUT2D eigenvalue weighted by Gasteiger charge is -2.36. The van der Waals surface area contributed by atoms with E-state index in [2.05, 4.69) is 4.98 Å². The number of piperidine rings is 1. The number of aliphatic carboxylic acids is 1. The fraction of sp³-hybridized carbons (Fsp3) is 0.375. The molecule has 0 unspecified atom stereocenters. The van der Waals surface area contributed by atoms with Crippen molar-refractivity contribution in [3.63, 3.8) is 0 Å². The number of fused-ring (bicyclic) bond motifs is 1. The van der Waals surface area contributed by atoms with E-state index in [1.165, 1.54) is 12.1 Å². The Hall–Kier alpha value is -2.37. The fourth-order valence-electron chi connectivity index (χ4n) is 2.96. The zero-order valence-corrected chi connectivity index (χ0v) is 12.2. The minimum Gasteiger partial charge on any atom is -0.481 e. The van der Waals surface area contributed by atoms with Crippen molar-refractivity contribution in [1.82, 2.24) is 9.88 Å². The van der Waals surface area contributed by atoms with Crippen molar-refractivity contribution in [2.24, 2.45) is 5.92 Å². The Kier molecular flexibility index (Phi) is 3.60. The zero-order chi connectivity index (χ0) is 15.9. The number of hydrogen-bond donors (Lipinski definition) is 2. The van der Waals surface area contributed by atoms with Crippen LogP contribution in [0.4, 0.5) is 4.39 Å². The second-order valence-corrected chi connectivity index (χ2v) is 5.83. The van der Waals surface area contributed by atoms with E-state index in [0.29, 0.717) is 29.4 Å². The number of aromatic amines is 1. The van der Waals surface area contributed by atoms with Gasteiger partial charge in [-0.2, -0.15) is 0 Å². The number of carboxylic acids is 1. The largest absolute Gasteiger partial charge is 0.481 e. The molecule has 0 aliphatic carbocycles. The number of carboxylic acid groups (broad SMARTS) is 1. The van der Waals surface area contributed by atoms with E-state index >= 15 is 0 Å². The highest BCUT2D eigenvalue weighted by Gasteiger charge is 2.33. The van der Waals surface area contributed by atoms with Crippen molar-refractivity contribution in [1.29, 1.82) is 0 Å². The van der Waals surface area contributed by atoms with Gasteiger partial charge < -0.3 is 15.0 Å². The molecular weight excluding hydrogens is 287 g/mol. The van der Waals surface area contributed by atoms with Gasteiger partial charge in [-0.15, -0.1) is 0 Å². The monoisotopic (exact) mass is 304 g/mol. The van der Waals surface area contributed by atoms with Crippen LogP contribution in [0.25, 0.3) is 10.9 Å². The molecule has 1 aliphatic heterocycles. The molecule has 0 radical (unpaired) electrons. The zero-order valence-electron chi connectivity index (χ0n) is 12.2. The normalized spacial score (nSPS) is 22.0. The van der Waals surface area contributed by atoms with E-state index in [4.69, 9.17) is 5.11 Å². The average molecular weight is 304 g/mol.